The van der Waals surface area contributed by atoms with Gasteiger partial charge in [0.05, 0.1) is 10.5 Å². The number of hydrogen-bond donors (Lipinski definition) is 3. The van der Waals surface area contributed by atoms with Crippen LogP contribution in [-0.4, -0.2) is 36.6 Å². The first-order chi connectivity index (χ1) is 9.63. The summed E-state index contributed by atoms with van der Waals surface area (Å²) in [6.45, 7) is 3.55. The van der Waals surface area contributed by atoms with E-state index in [-0.39, 0.29) is 22.8 Å². The van der Waals surface area contributed by atoms with Crippen LogP contribution in [0.25, 0.3) is 0 Å². The monoisotopic (exact) mass is 315 g/mol. The number of nitrogens with one attached hydrogen (secondary N) is 1. The second-order valence-electron chi connectivity index (χ2n) is 4.97. The average molecular weight is 315 g/mol. The van der Waals surface area contributed by atoms with Crippen molar-refractivity contribution in [3.05, 3.63) is 29.8 Å². The van der Waals surface area contributed by atoms with Crippen molar-refractivity contribution in [1.29, 1.82) is 0 Å². The lowest BCUT2D eigenvalue weighted by molar-refractivity contribution is -0.139. The zero-order valence-electron chi connectivity index (χ0n) is 11.6. The van der Waals surface area contributed by atoms with Gasteiger partial charge < -0.3 is 10.2 Å². The number of rotatable bonds is 7. The Bertz CT molecular complexity index is 638. The SMILES string of the molecule is CC(C)C[C@H](NS(=O)(=O)c1cccc(C(=O)O)c1)C(=O)O. The van der Waals surface area contributed by atoms with Crippen molar-refractivity contribution >= 4 is 22.0 Å². The maximum absolute atomic E-state index is 12.1. The lowest BCUT2D eigenvalue weighted by atomic mass is 10.1. The van der Waals surface area contributed by atoms with Crippen LogP contribution in [0.2, 0.25) is 0 Å². The second kappa shape index (κ2) is 6.68. The van der Waals surface area contributed by atoms with Crippen molar-refractivity contribution < 1.29 is 28.2 Å². The first kappa shape index (κ1) is 17.1. The van der Waals surface area contributed by atoms with Crippen molar-refractivity contribution in [3.8, 4) is 0 Å². The predicted octanol–water partition coefficient (Wildman–Crippen LogP) is 1.16. The highest BCUT2D eigenvalue weighted by Gasteiger charge is 2.26. The van der Waals surface area contributed by atoms with Gasteiger partial charge in [-0.25, -0.2) is 13.2 Å². The van der Waals surface area contributed by atoms with E-state index in [2.05, 4.69) is 4.72 Å². The van der Waals surface area contributed by atoms with Crippen LogP contribution in [0.15, 0.2) is 29.2 Å². The van der Waals surface area contributed by atoms with Crippen LogP contribution in [0.1, 0.15) is 30.6 Å². The molecule has 0 fully saturated rings. The summed E-state index contributed by atoms with van der Waals surface area (Å²) in [5.41, 5.74) is -0.186. The molecule has 21 heavy (non-hydrogen) atoms. The Labute approximate surface area is 122 Å². The molecular formula is C13H17NO6S. The molecule has 0 aromatic heterocycles. The first-order valence-electron chi connectivity index (χ1n) is 6.22. The molecule has 0 heterocycles. The number of hydrogen-bond acceptors (Lipinski definition) is 4. The summed E-state index contributed by atoms with van der Waals surface area (Å²) in [6, 6.07) is 3.48. The summed E-state index contributed by atoms with van der Waals surface area (Å²) in [6.07, 6.45) is 0.132. The fourth-order valence-electron chi connectivity index (χ4n) is 1.72. The Balaban J connectivity index is 3.07. The Morgan fingerprint density at radius 1 is 1.24 bits per heavy atom. The molecule has 0 aliphatic heterocycles. The Morgan fingerprint density at radius 3 is 2.33 bits per heavy atom. The Hall–Kier alpha value is -1.93. The van der Waals surface area contributed by atoms with Crippen LogP contribution < -0.4 is 4.72 Å². The molecule has 1 rings (SSSR count). The lowest BCUT2D eigenvalue weighted by Crippen LogP contribution is -2.41. The quantitative estimate of drug-likeness (QED) is 0.694. The third-order valence-electron chi connectivity index (χ3n) is 2.69. The van der Waals surface area contributed by atoms with Crippen LogP contribution >= 0.6 is 0 Å². The van der Waals surface area contributed by atoms with Crippen molar-refractivity contribution in [1.82, 2.24) is 4.72 Å². The van der Waals surface area contributed by atoms with Crippen LogP contribution in [0.4, 0.5) is 0 Å². The van der Waals surface area contributed by atoms with Crippen LogP contribution in [0, 0.1) is 5.92 Å². The first-order valence-corrected chi connectivity index (χ1v) is 7.70. The molecule has 0 aliphatic rings. The van der Waals surface area contributed by atoms with Gasteiger partial charge in [0.2, 0.25) is 10.0 Å². The average Bonchev–Trinajstić information content (AvgIpc) is 2.37. The highest BCUT2D eigenvalue weighted by atomic mass is 32.2. The summed E-state index contributed by atoms with van der Waals surface area (Å²) in [7, 11) is -4.10. The van der Waals surface area contributed by atoms with Crippen molar-refractivity contribution in [2.45, 2.75) is 31.2 Å². The summed E-state index contributed by atoms with van der Waals surface area (Å²) in [5, 5.41) is 17.9. The molecule has 116 valence electrons. The molecular weight excluding hydrogens is 298 g/mol. The van der Waals surface area contributed by atoms with Crippen LogP contribution in [0.3, 0.4) is 0 Å². The molecule has 7 nitrogen and oxygen atoms in total. The Morgan fingerprint density at radius 2 is 1.86 bits per heavy atom. The summed E-state index contributed by atoms with van der Waals surface area (Å²) < 4.78 is 26.4. The highest BCUT2D eigenvalue weighted by Crippen LogP contribution is 2.14. The van der Waals surface area contributed by atoms with E-state index >= 15 is 0 Å². The summed E-state index contributed by atoms with van der Waals surface area (Å²) >= 11 is 0. The van der Waals surface area contributed by atoms with Gasteiger partial charge in [-0.05, 0) is 30.5 Å². The fraction of sp³-hybridized carbons (Fsp3) is 0.385. The van der Waals surface area contributed by atoms with E-state index in [4.69, 9.17) is 10.2 Å². The molecule has 0 spiro atoms. The maximum Gasteiger partial charge on any atom is 0.335 e. The van der Waals surface area contributed by atoms with Crippen LogP contribution in [0.5, 0.6) is 0 Å². The fourth-order valence-corrected chi connectivity index (χ4v) is 2.97. The third kappa shape index (κ3) is 4.83. The number of benzene rings is 1. The number of sulfonamides is 1. The standard InChI is InChI=1S/C13H17NO6S/c1-8(2)6-11(13(17)18)14-21(19,20)10-5-3-4-9(7-10)12(15)16/h3-5,7-8,11,14H,6H2,1-2H3,(H,15,16)(H,17,18)/t11-/m0/s1. The minimum atomic E-state index is -4.10. The van der Waals surface area contributed by atoms with Crippen molar-refractivity contribution in [3.63, 3.8) is 0 Å². The Kier molecular flexibility index (Phi) is 5.45. The van der Waals surface area contributed by atoms with Crippen molar-refractivity contribution in [2.24, 2.45) is 5.92 Å². The molecule has 1 aromatic rings. The number of carbonyl (C=O) groups is 2. The zero-order valence-corrected chi connectivity index (χ0v) is 12.4. The van der Waals surface area contributed by atoms with E-state index in [0.717, 1.165) is 6.07 Å². The molecule has 0 radical (unpaired) electrons. The topological polar surface area (TPSA) is 121 Å². The zero-order chi connectivity index (χ0) is 16.2. The van der Waals surface area contributed by atoms with Gasteiger partial charge in [-0.1, -0.05) is 19.9 Å². The third-order valence-corrected chi connectivity index (χ3v) is 4.16. The van der Waals surface area contributed by atoms with Crippen LogP contribution in [-0.2, 0) is 14.8 Å². The van der Waals surface area contributed by atoms with Gasteiger partial charge in [-0.3, -0.25) is 4.79 Å². The predicted molar refractivity (Wildman–Crippen MR) is 74.6 cm³/mol. The molecule has 0 bridgehead atoms. The van der Waals surface area contributed by atoms with Gasteiger partial charge in [0, 0.05) is 0 Å². The van der Waals surface area contributed by atoms with Gasteiger partial charge in [0.1, 0.15) is 6.04 Å². The number of carboxylic acid groups (broad SMARTS) is 2. The molecule has 8 heteroatoms. The minimum Gasteiger partial charge on any atom is -0.480 e. The molecule has 3 N–H and O–H groups in total. The van der Waals surface area contributed by atoms with Gasteiger partial charge >= 0.3 is 11.9 Å². The molecule has 1 atom stereocenters. The van der Waals surface area contributed by atoms with Gasteiger partial charge in [0.25, 0.3) is 0 Å². The molecule has 0 saturated heterocycles. The van der Waals surface area contributed by atoms with E-state index < -0.39 is 28.0 Å². The maximum atomic E-state index is 12.1. The largest absolute Gasteiger partial charge is 0.480 e. The summed E-state index contributed by atoms with van der Waals surface area (Å²) in [4.78, 5) is 21.7. The van der Waals surface area contributed by atoms with E-state index in [1.54, 1.807) is 13.8 Å². The van der Waals surface area contributed by atoms with E-state index in [0.29, 0.717) is 0 Å². The minimum absolute atomic E-state index is 0.0147. The number of aliphatic carboxylic acids is 1. The summed E-state index contributed by atoms with van der Waals surface area (Å²) in [5.74, 6) is -2.55. The molecule has 0 amide bonds. The molecule has 0 aliphatic carbocycles. The van der Waals surface area contributed by atoms with Gasteiger partial charge in [-0.15, -0.1) is 0 Å². The number of aromatic carboxylic acids is 1. The van der Waals surface area contributed by atoms with Gasteiger partial charge in [0.15, 0.2) is 0 Å². The lowest BCUT2D eigenvalue weighted by Gasteiger charge is -2.16. The van der Waals surface area contributed by atoms with Gasteiger partial charge in [-0.2, -0.15) is 4.72 Å². The van der Waals surface area contributed by atoms with Crippen molar-refractivity contribution in [2.75, 3.05) is 0 Å². The number of carboxylic acids is 2. The molecule has 0 unspecified atom stereocenters. The highest BCUT2D eigenvalue weighted by molar-refractivity contribution is 7.89. The normalized spacial score (nSPS) is 13.1. The second-order valence-corrected chi connectivity index (χ2v) is 6.69. The van der Waals surface area contributed by atoms with E-state index in [1.165, 1.54) is 18.2 Å². The van der Waals surface area contributed by atoms with E-state index in [1.807, 2.05) is 0 Å². The smallest absolute Gasteiger partial charge is 0.335 e. The molecule has 0 saturated carbocycles. The van der Waals surface area contributed by atoms with E-state index in [9.17, 15) is 18.0 Å². The molecule has 1 aromatic carbocycles.